The molecule has 0 unspecified atom stereocenters. The number of nitrogens with one attached hydrogen (secondary N) is 1. The van der Waals surface area contributed by atoms with Crippen molar-refractivity contribution < 1.29 is 4.74 Å². The van der Waals surface area contributed by atoms with Crippen molar-refractivity contribution in [2.75, 3.05) is 12.4 Å². The molecular weight excluding hydrogens is 320 g/mol. The molecule has 5 nitrogen and oxygen atoms in total. The third-order valence-corrected chi connectivity index (χ3v) is 4.76. The first-order chi connectivity index (χ1) is 11.7. The molecule has 0 saturated heterocycles. The summed E-state index contributed by atoms with van der Waals surface area (Å²) in [5.41, 5.74) is 2.72. The zero-order chi connectivity index (χ0) is 16.5. The summed E-state index contributed by atoms with van der Waals surface area (Å²) in [6.07, 6.45) is 5.44. The molecule has 0 radical (unpaired) electrons. The fourth-order valence-corrected chi connectivity index (χ4v) is 3.43. The summed E-state index contributed by atoms with van der Waals surface area (Å²) in [4.78, 5) is 11.3. The van der Waals surface area contributed by atoms with Crippen molar-refractivity contribution in [2.24, 2.45) is 0 Å². The number of thiophene rings is 1. The lowest BCUT2D eigenvalue weighted by atomic mass is 10.3. The van der Waals surface area contributed by atoms with Crippen LogP contribution in [0.3, 0.4) is 0 Å². The van der Waals surface area contributed by atoms with E-state index in [2.05, 4.69) is 29.4 Å². The number of rotatable bonds is 4. The van der Waals surface area contributed by atoms with E-state index in [0.29, 0.717) is 0 Å². The topological polar surface area (TPSA) is 51.5 Å². The van der Waals surface area contributed by atoms with Crippen LogP contribution in [0.25, 0.3) is 16.2 Å². The maximum atomic E-state index is 5.22. The Morgan fingerprint density at radius 3 is 2.67 bits per heavy atom. The molecule has 0 aliphatic rings. The van der Waals surface area contributed by atoms with Gasteiger partial charge in [-0.2, -0.15) is 0 Å². The first kappa shape index (κ1) is 14.7. The van der Waals surface area contributed by atoms with Gasteiger partial charge in [0.2, 0.25) is 0 Å². The van der Waals surface area contributed by atoms with Crippen LogP contribution in [0.1, 0.15) is 4.88 Å². The molecule has 1 N–H and O–H groups in total. The number of hydrogen-bond acceptors (Lipinski definition) is 5. The van der Waals surface area contributed by atoms with Gasteiger partial charge in [-0.05, 0) is 43.3 Å². The summed E-state index contributed by atoms with van der Waals surface area (Å²) in [6.45, 7) is 2.10. The predicted molar refractivity (Wildman–Crippen MR) is 97.3 cm³/mol. The highest BCUT2D eigenvalue weighted by Crippen LogP contribution is 2.35. The molecule has 0 bridgehead atoms. The molecule has 0 saturated carbocycles. The number of ether oxygens (including phenoxy) is 1. The first-order valence-corrected chi connectivity index (χ1v) is 8.36. The maximum Gasteiger partial charge on any atom is 0.157 e. The van der Waals surface area contributed by atoms with Gasteiger partial charge in [-0.1, -0.05) is 0 Å². The fraction of sp³-hybridized carbons (Fsp3) is 0.111. The van der Waals surface area contributed by atoms with Gasteiger partial charge in [0.05, 0.1) is 18.2 Å². The van der Waals surface area contributed by atoms with Crippen molar-refractivity contribution in [3.8, 4) is 16.3 Å². The number of aromatic nitrogens is 3. The molecule has 0 atom stereocenters. The highest BCUT2D eigenvalue weighted by atomic mass is 32.1. The number of fused-ring (bicyclic) bond motifs is 1. The zero-order valence-corrected chi connectivity index (χ0v) is 14.2. The van der Waals surface area contributed by atoms with Crippen LogP contribution in [0, 0.1) is 6.92 Å². The van der Waals surface area contributed by atoms with Crippen molar-refractivity contribution in [3.05, 3.63) is 59.9 Å². The smallest absolute Gasteiger partial charge is 0.157 e. The van der Waals surface area contributed by atoms with Crippen LogP contribution in [-0.2, 0) is 0 Å². The van der Waals surface area contributed by atoms with Gasteiger partial charge in [0, 0.05) is 23.0 Å². The number of anilines is 2. The van der Waals surface area contributed by atoms with Crippen molar-refractivity contribution in [1.29, 1.82) is 0 Å². The Balaban J connectivity index is 1.82. The minimum atomic E-state index is 0.814. The maximum absolute atomic E-state index is 5.22. The minimum absolute atomic E-state index is 0.814. The second kappa shape index (κ2) is 5.98. The number of hydrogen-bond donors (Lipinski definition) is 1. The Bertz CT molecular complexity index is 988. The van der Waals surface area contributed by atoms with Crippen molar-refractivity contribution in [1.82, 2.24) is 14.4 Å². The molecule has 3 heterocycles. The van der Waals surface area contributed by atoms with Crippen LogP contribution in [0.2, 0.25) is 0 Å². The molecule has 0 aliphatic heterocycles. The second-order valence-electron chi connectivity index (χ2n) is 5.38. The molecule has 4 aromatic rings. The summed E-state index contributed by atoms with van der Waals surface area (Å²) in [5, 5.41) is 3.48. The van der Waals surface area contributed by atoms with Crippen LogP contribution < -0.4 is 10.1 Å². The number of aryl methyl sites for hydroxylation is 1. The van der Waals surface area contributed by atoms with Crippen LogP contribution in [0.4, 0.5) is 11.5 Å². The van der Waals surface area contributed by atoms with Gasteiger partial charge in [0.25, 0.3) is 0 Å². The standard InChI is InChI=1S/C18H16N4OS/c1-12-3-8-15(24-12)17-18(22-10-9-19-11-16(22)21-17)20-13-4-6-14(23-2)7-5-13/h3-11,20H,1-2H3. The lowest BCUT2D eigenvalue weighted by Gasteiger charge is -2.09. The van der Waals surface area contributed by atoms with Crippen molar-refractivity contribution in [2.45, 2.75) is 6.92 Å². The van der Waals surface area contributed by atoms with Crippen molar-refractivity contribution >= 4 is 28.5 Å². The number of methoxy groups -OCH3 is 1. The lowest BCUT2D eigenvalue weighted by Crippen LogP contribution is -1.96. The van der Waals surface area contributed by atoms with Gasteiger partial charge < -0.3 is 10.1 Å². The third kappa shape index (κ3) is 2.61. The molecule has 0 fully saturated rings. The van der Waals surface area contributed by atoms with E-state index in [1.807, 2.05) is 34.9 Å². The highest BCUT2D eigenvalue weighted by Gasteiger charge is 2.15. The summed E-state index contributed by atoms with van der Waals surface area (Å²) in [7, 11) is 1.66. The summed E-state index contributed by atoms with van der Waals surface area (Å²) >= 11 is 1.73. The van der Waals surface area contributed by atoms with E-state index in [0.717, 1.165) is 33.5 Å². The Labute approximate surface area is 143 Å². The first-order valence-electron chi connectivity index (χ1n) is 7.54. The highest BCUT2D eigenvalue weighted by molar-refractivity contribution is 7.15. The normalized spacial score (nSPS) is 10.9. The Hall–Kier alpha value is -2.86. The third-order valence-electron chi connectivity index (χ3n) is 3.76. The van der Waals surface area contributed by atoms with Gasteiger partial charge >= 0.3 is 0 Å². The molecule has 4 rings (SSSR count). The van der Waals surface area contributed by atoms with E-state index in [9.17, 15) is 0 Å². The molecule has 3 aromatic heterocycles. The van der Waals surface area contributed by atoms with Crippen LogP contribution in [-0.4, -0.2) is 21.5 Å². The number of nitrogens with zero attached hydrogens (tertiary/aromatic N) is 3. The van der Waals surface area contributed by atoms with E-state index in [-0.39, 0.29) is 0 Å². The van der Waals surface area contributed by atoms with Gasteiger partial charge in [0.1, 0.15) is 17.3 Å². The number of imidazole rings is 1. The van der Waals surface area contributed by atoms with E-state index >= 15 is 0 Å². The predicted octanol–water partition coefficient (Wildman–Crippen LogP) is 4.52. The number of benzene rings is 1. The Morgan fingerprint density at radius 1 is 1.12 bits per heavy atom. The fourth-order valence-electron chi connectivity index (χ4n) is 2.57. The summed E-state index contributed by atoms with van der Waals surface area (Å²) < 4.78 is 7.23. The molecular formula is C18H16N4OS. The molecule has 1 aromatic carbocycles. The molecule has 0 spiro atoms. The van der Waals surface area contributed by atoms with Crippen molar-refractivity contribution in [3.63, 3.8) is 0 Å². The average molecular weight is 336 g/mol. The van der Waals surface area contributed by atoms with Gasteiger partial charge in [-0.15, -0.1) is 11.3 Å². The lowest BCUT2D eigenvalue weighted by molar-refractivity contribution is 0.415. The average Bonchev–Trinajstić information content (AvgIpc) is 3.20. The molecule has 120 valence electrons. The Kier molecular flexibility index (Phi) is 3.66. The largest absolute Gasteiger partial charge is 0.497 e. The quantitative estimate of drug-likeness (QED) is 0.595. The van der Waals surface area contributed by atoms with E-state index in [1.54, 1.807) is 30.8 Å². The molecule has 0 amide bonds. The molecule has 0 aliphatic carbocycles. The second-order valence-corrected chi connectivity index (χ2v) is 6.67. The van der Waals surface area contributed by atoms with Gasteiger partial charge in [-0.3, -0.25) is 9.38 Å². The van der Waals surface area contributed by atoms with Crippen LogP contribution in [0.15, 0.2) is 55.0 Å². The van der Waals surface area contributed by atoms with Crippen LogP contribution >= 0.6 is 11.3 Å². The van der Waals surface area contributed by atoms with Gasteiger partial charge in [-0.25, -0.2) is 4.98 Å². The minimum Gasteiger partial charge on any atom is -0.497 e. The zero-order valence-electron chi connectivity index (χ0n) is 13.4. The van der Waals surface area contributed by atoms with E-state index < -0.39 is 0 Å². The molecule has 6 heteroatoms. The van der Waals surface area contributed by atoms with Crippen LogP contribution in [0.5, 0.6) is 5.75 Å². The van der Waals surface area contributed by atoms with Gasteiger partial charge in [0.15, 0.2) is 5.65 Å². The monoisotopic (exact) mass is 336 g/mol. The summed E-state index contributed by atoms with van der Waals surface area (Å²) in [6, 6.07) is 12.1. The summed E-state index contributed by atoms with van der Waals surface area (Å²) in [5.74, 6) is 1.76. The SMILES string of the molecule is COc1ccc(Nc2c(-c3ccc(C)s3)nc3cnccn23)cc1. The van der Waals surface area contributed by atoms with E-state index in [1.165, 1.54) is 4.88 Å². The van der Waals surface area contributed by atoms with E-state index in [4.69, 9.17) is 9.72 Å². The molecule has 24 heavy (non-hydrogen) atoms. The Morgan fingerprint density at radius 2 is 1.96 bits per heavy atom.